The third kappa shape index (κ3) is 6.26. The average molecular weight is 389 g/mol. The lowest BCUT2D eigenvalue weighted by molar-refractivity contribution is -0.0514. The van der Waals surface area contributed by atoms with Crippen molar-refractivity contribution in [3.63, 3.8) is 0 Å². The Balaban J connectivity index is 1.87. The molecule has 1 atom stereocenters. The van der Waals surface area contributed by atoms with Gasteiger partial charge in [-0.05, 0) is 50.2 Å². The van der Waals surface area contributed by atoms with Gasteiger partial charge in [0.2, 0.25) is 0 Å². The lowest BCUT2D eigenvalue weighted by Crippen LogP contribution is -2.48. The first-order valence-electron chi connectivity index (χ1n) is 8.17. The maximum Gasteiger partial charge on any atom is 0.387 e. The highest BCUT2D eigenvalue weighted by Crippen LogP contribution is 2.29. The van der Waals surface area contributed by atoms with Gasteiger partial charge in [-0.3, -0.25) is 15.6 Å². The van der Waals surface area contributed by atoms with E-state index in [1.807, 2.05) is 0 Å². The molecule has 1 saturated heterocycles. The molecule has 0 bridgehead atoms. The summed E-state index contributed by atoms with van der Waals surface area (Å²) in [4.78, 5) is 12.2. The van der Waals surface area contributed by atoms with Crippen molar-refractivity contribution in [2.75, 3.05) is 19.8 Å². The predicted molar refractivity (Wildman–Crippen MR) is 94.4 cm³/mol. The molecule has 0 aliphatic carbocycles. The molecule has 144 valence electrons. The summed E-state index contributed by atoms with van der Waals surface area (Å²) in [6, 6.07) is 3.92. The summed E-state index contributed by atoms with van der Waals surface area (Å²) in [7, 11) is 0. The number of carbonyl (C=O) groups excluding carboxylic acids is 1. The van der Waals surface area contributed by atoms with Gasteiger partial charge in [-0.2, -0.15) is 8.78 Å². The zero-order valence-electron chi connectivity index (χ0n) is 14.2. The van der Waals surface area contributed by atoms with E-state index in [-0.39, 0.29) is 34.9 Å². The van der Waals surface area contributed by atoms with Crippen molar-refractivity contribution < 1.29 is 27.8 Å². The molecule has 1 fully saturated rings. The molecule has 1 heterocycles. The van der Waals surface area contributed by atoms with Crippen LogP contribution in [0.2, 0.25) is 0 Å². The van der Waals surface area contributed by atoms with Gasteiger partial charge in [0.05, 0.1) is 12.7 Å². The normalized spacial score (nSPS) is 16.2. The summed E-state index contributed by atoms with van der Waals surface area (Å²) in [5.74, 6) is -0.588. The van der Waals surface area contributed by atoms with Gasteiger partial charge in [-0.1, -0.05) is 0 Å². The summed E-state index contributed by atoms with van der Waals surface area (Å²) >= 11 is 5.07. The molecule has 0 radical (unpaired) electrons. The van der Waals surface area contributed by atoms with Crippen LogP contribution in [0.4, 0.5) is 8.78 Å². The number of hydrogen-bond acceptors (Lipinski definition) is 5. The first-order chi connectivity index (χ1) is 12.5. The van der Waals surface area contributed by atoms with Crippen LogP contribution in [0, 0.1) is 0 Å². The Morgan fingerprint density at radius 1 is 1.38 bits per heavy atom. The number of halogens is 2. The molecule has 0 aromatic heterocycles. The van der Waals surface area contributed by atoms with E-state index >= 15 is 0 Å². The zero-order valence-corrected chi connectivity index (χ0v) is 15.0. The van der Waals surface area contributed by atoms with Crippen LogP contribution in [0.15, 0.2) is 18.2 Å². The molecule has 26 heavy (non-hydrogen) atoms. The van der Waals surface area contributed by atoms with Crippen LogP contribution in [0.1, 0.15) is 30.1 Å². The van der Waals surface area contributed by atoms with Crippen LogP contribution in [-0.4, -0.2) is 43.5 Å². The maximum atomic E-state index is 12.4. The number of amides is 1. The van der Waals surface area contributed by atoms with Crippen LogP contribution < -0.4 is 25.6 Å². The number of alkyl halides is 2. The van der Waals surface area contributed by atoms with Gasteiger partial charge in [-0.25, -0.2) is 0 Å². The molecule has 0 spiro atoms. The topological polar surface area (TPSA) is 80.9 Å². The summed E-state index contributed by atoms with van der Waals surface area (Å²) < 4.78 is 39.9. The number of carbonyl (C=O) groups is 1. The number of ether oxygens (including phenoxy) is 3. The van der Waals surface area contributed by atoms with E-state index in [9.17, 15) is 13.6 Å². The molecular weight excluding hydrogens is 368 g/mol. The van der Waals surface area contributed by atoms with Crippen LogP contribution in [0.3, 0.4) is 0 Å². The third-order valence-electron chi connectivity index (χ3n) is 3.53. The van der Waals surface area contributed by atoms with E-state index in [0.717, 1.165) is 19.4 Å². The predicted octanol–water partition coefficient (Wildman–Crippen LogP) is 1.97. The fourth-order valence-corrected chi connectivity index (χ4v) is 2.49. The first-order valence-corrected chi connectivity index (χ1v) is 8.58. The number of thiocarbonyl (C=S) groups is 1. The second kappa shape index (κ2) is 10.1. The standard InChI is InChI=1S/C16H21F2N3O4S/c1-2-23-13-8-10(5-6-12(13)25-15(17)18)14(22)20-21-16(26)19-9-11-4-3-7-24-11/h5-6,8,11,15H,2-4,7,9H2,1H3,(H,20,22)(H2,19,21,26)/t11-/m1/s1. The van der Waals surface area contributed by atoms with E-state index in [2.05, 4.69) is 20.9 Å². The van der Waals surface area contributed by atoms with E-state index < -0.39 is 12.5 Å². The first kappa shape index (κ1) is 20.1. The average Bonchev–Trinajstić information content (AvgIpc) is 3.12. The quantitative estimate of drug-likeness (QED) is 0.486. The second-order valence-electron chi connectivity index (χ2n) is 5.40. The molecular formula is C16H21F2N3O4S. The SMILES string of the molecule is CCOc1cc(C(=O)NNC(=S)NC[C@H]2CCCO2)ccc1OC(F)F. The number of hydrazine groups is 1. The van der Waals surface area contributed by atoms with Crippen molar-refractivity contribution in [2.24, 2.45) is 0 Å². The molecule has 0 saturated carbocycles. The van der Waals surface area contributed by atoms with Gasteiger partial charge in [-0.15, -0.1) is 0 Å². The third-order valence-corrected chi connectivity index (χ3v) is 3.77. The van der Waals surface area contributed by atoms with Crippen molar-refractivity contribution in [1.29, 1.82) is 0 Å². The lowest BCUT2D eigenvalue weighted by atomic mass is 10.2. The Bertz CT molecular complexity index is 628. The van der Waals surface area contributed by atoms with Crippen molar-refractivity contribution >= 4 is 23.2 Å². The summed E-state index contributed by atoms with van der Waals surface area (Å²) in [6.07, 6.45) is 2.10. The van der Waals surface area contributed by atoms with E-state index in [0.29, 0.717) is 6.54 Å². The van der Waals surface area contributed by atoms with Crippen LogP contribution >= 0.6 is 12.2 Å². The Labute approximate surface area is 155 Å². The minimum Gasteiger partial charge on any atom is -0.490 e. The summed E-state index contributed by atoms with van der Waals surface area (Å²) in [5.41, 5.74) is 5.20. The molecule has 1 aromatic carbocycles. The Kier molecular flexibility index (Phi) is 7.79. The Hall–Kier alpha value is -2.20. The Morgan fingerprint density at radius 2 is 2.19 bits per heavy atom. The molecule has 1 aliphatic heterocycles. The van der Waals surface area contributed by atoms with E-state index in [1.165, 1.54) is 18.2 Å². The van der Waals surface area contributed by atoms with Gasteiger partial charge < -0.3 is 19.5 Å². The molecule has 0 unspecified atom stereocenters. The highest BCUT2D eigenvalue weighted by molar-refractivity contribution is 7.80. The number of rotatable bonds is 7. The largest absolute Gasteiger partial charge is 0.490 e. The van der Waals surface area contributed by atoms with Crippen LogP contribution in [0.25, 0.3) is 0 Å². The maximum absolute atomic E-state index is 12.4. The minimum atomic E-state index is -2.98. The Morgan fingerprint density at radius 3 is 2.85 bits per heavy atom. The van der Waals surface area contributed by atoms with Gasteiger partial charge in [0.25, 0.3) is 5.91 Å². The van der Waals surface area contributed by atoms with Crippen LogP contribution in [0.5, 0.6) is 11.5 Å². The fraction of sp³-hybridized carbons (Fsp3) is 0.500. The van der Waals surface area contributed by atoms with Crippen molar-refractivity contribution in [2.45, 2.75) is 32.5 Å². The van der Waals surface area contributed by atoms with E-state index in [1.54, 1.807) is 6.92 Å². The molecule has 1 aliphatic rings. The number of nitrogens with one attached hydrogen (secondary N) is 3. The molecule has 1 aromatic rings. The molecule has 1 amide bonds. The highest BCUT2D eigenvalue weighted by atomic mass is 32.1. The summed E-state index contributed by atoms with van der Waals surface area (Å²) in [6.45, 7) is 0.244. The minimum absolute atomic E-state index is 0.0551. The molecule has 3 N–H and O–H groups in total. The second-order valence-corrected chi connectivity index (χ2v) is 5.81. The van der Waals surface area contributed by atoms with Gasteiger partial charge >= 0.3 is 6.61 Å². The fourth-order valence-electron chi connectivity index (χ4n) is 2.35. The van der Waals surface area contributed by atoms with Crippen molar-refractivity contribution in [3.8, 4) is 11.5 Å². The summed E-state index contributed by atoms with van der Waals surface area (Å²) in [5, 5.41) is 3.19. The lowest BCUT2D eigenvalue weighted by Gasteiger charge is -2.15. The highest BCUT2D eigenvalue weighted by Gasteiger charge is 2.16. The van der Waals surface area contributed by atoms with Gasteiger partial charge in [0, 0.05) is 18.7 Å². The number of hydrogen-bond donors (Lipinski definition) is 3. The van der Waals surface area contributed by atoms with Gasteiger partial charge in [0.15, 0.2) is 16.6 Å². The van der Waals surface area contributed by atoms with E-state index in [4.69, 9.17) is 21.7 Å². The van der Waals surface area contributed by atoms with Gasteiger partial charge in [0.1, 0.15) is 0 Å². The molecule has 7 nitrogen and oxygen atoms in total. The van der Waals surface area contributed by atoms with Crippen LogP contribution in [-0.2, 0) is 4.74 Å². The smallest absolute Gasteiger partial charge is 0.387 e. The zero-order chi connectivity index (χ0) is 18.9. The molecule has 2 rings (SSSR count). The number of benzene rings is 1. The monoisotopic (exact) mass is 389 g/mol. The van der Waals surface area contributed by atoms with Crippen molar-refractivity contribution in [1.82, 2.24) is 16.2 Å². The molecule has 10 heteroatoms. The van der Waals surface area contributed by atoms with Crippen molar-refractivity contribution in [3.05, 3.63) is 23.8 Å².